The average molecular weight is 282 g/mol. The highest BCUT2D eigenvalue weighted by Gasteiger charge is 2.44. The fraction of sp³-hybridized carbons (Fsp3) is 1.00. The molecule has 0 aliphatic carbocycles. The molecule has 5 atom stereocenters. The summed E-state index contributed by atoms with van der Waals surface area (Å²) in [6.45, 7) is 16.1. The van der Waals surface area contributed by atoms with Gasteiger partial charge in [-0.3, -0.25) is 0 Å². The Kier molecular flexibility index (Phi) is 4.57. The predicted molar refractivity (Wildman–Crippen MR) is 83.9 cm³/mol. The van der Waals surface area contributed by atoms with Gasteiger partial charge < -0.3 is 9.47 Å². The topological polar surface area (TPSA) is 18.5 Å². The largest absolute Gasteiger partial charge is 0.373 e. The third-order valence-corrected chi connectivity index (χ3v) is 5.14. The minimum Gasteiger partial charge on any atom is -0.373 e. The predicted octanol–water partition coefficient (Wildman–Crippen LogP) is 4.81. The molecule has 0 amide bonds. The van der Waals surface area contributed by atoms with E-state index in [1.54, 1.807) is 0 Å². The Labute approximate surface area is 125 Å². The van der Waals surface area contributed by atoms with E-state index in [0.29, 0.717) is 17.4 Å². The molecule has 2 aliphatic rings. The lowest BCUT2D eigenvalue weighted by Crippen LogP contribution is -2.50. The van der Waals surface area contributed by atoms with Gasteiger partial charge in [0.05, 0.1) is 23.9 Å². The molecule has 2 nitrogen and oxygen atoms in total. The Hall–Kier alpha value is -0.0800. The quantitative estimate of drug-likeness (QED) is 0.687. The zero-order valence-corrected chi connectivity index (χ0v) is 14.5. The van der Waals surface area contributed by atoms with Gasteiger partial charge in [-0.25, -0.2) is 0 Å². The van der Waals surface area contributed by atoms with Crippen LogP contribution in [-0.4, -0.2) is 23.9 Å². The summed E-state index contributed by atoms with van der Waals surface area (Å²) in [4.78, 5) is 0. The third kappa shape index (κ3) is 3.98. The summed E-state index contributed by atoms with van der Waals surface area (Å²) in [5.74, 6) is 1.47. The van der Waals surface area contributed by atoms with E-state index in [2.05, 4.69) is 48.5 Å². The molecular formula is C18H34O2. The Morgan fingerprint density at radius 3 is 2.15 bits per heavy atom. The summed E-state index contributed by atoms with van der Waals surface area (Å²) in [6.07, 6.45) is 5.59. The molecule has 0 radical (unpaired) electrons. The van der Waals surface area contributed by atoms with Crippen LogP contribution in [0, 0.1) is 17.3 Å². The number of ether oxygens (including phenoxy) is 2. The van der Waals surface area contributed by atoms with Crippen molar-refractivity contribution in [3.63, 3.8) is 0 Å². The molecule has 0 N–H and O–H groups in total. The number of hydrogen-bond acceptors (Lipinski definition) is 2. The molecule has 2 rings (SSSR count). The monoisotopic (exact) mass is 282 g/mol. The van der Waals surface area contributed by atoms with Crippen molar-refractivity contribution >= 4 is 0 Å². The zero-order chi connectivity index (χ0) is 15.1. The number of hydrogen-bond donors (Lipinski definition) is 0. The smallest absolute Gasteiger partial charge is 0.0847 e. The van der Waals surface area contributed by atoms with Crippen molar-refractivity contribution in [3.8, 4) is 0 Å². The van der Waals surface area contributed by atoms with Gasteiger partial charge in [0.2, 0.25) is 0 Å². The van der Waals surface area contributed by atoms with Gasteiger partial charge in [-0.2, -0.15) is 0 Å². The second-order valence-electron chi connectivity index (χ2n) is 8.98. The first-order valence-electron chi connectivity index (χ1n) is 8.40. The summed E-state index contributed by atoms with van der Waals surface area (Å²) < 4.78 is 12.6. The molecule has 2 fully saturated rings. The molecule has 118 valence electrons. The lowest BCUT2D eigenvalue weighted by molar-refractivity contribution is -0.207. The number of rotatable bonds is 1. The molecular weight excluding hydrogens is 248 g/mol. The fourth-order valence-corrected chi connectivity index (χ4v) is 4.06. The van der Waals surface area contributed by atoms with Crippen LogP contribution in [0.15, 0.2) is 0 Å². The molecule has 0 saturated carbocycles. The Morgan fingerprint density at radius 2 is 1.60 bits per heavy atom. The van der Waals surface area contributed by atoms with Crippen molar-refractivity contribution in [1.29, 1.82) is 0 Å². The van der Waals surface area contributed by atoms with Gasteiger partial charge in [-0.05, 0) is 63.7 Å². The first-order valence-corrected chi connectivity index (χ1v) is 8.40. The van der Waals surface area contributed by atoms with Crippen LogP contribution < -0.4 is 0 Å². The van der Waals surface area contributed by atoms with E-state index < -0.39 is 0 Å². The highest BCUT2D eigenvalue weighted by atomic mass is 16.6. The molecule has 0 bridgehead atoms. The summed E-state index contributed by atoms with van der Waals surface area (Å²) in [6, 6.07) is 0. The molecule has 2 aliphatic heterocycles. The van der Waals surface area contributed by atoms with Gasteiger partial charge in [0.15, 0.2) is 0 Å². The highest BCUT2D eigenvalue weighted by Crippen LogP contribution is 2.44. The highest BCUT2D eigenvalue weighted by molar-refractivity contribution is 4.92. The lowest BCUT2D eigenvalue weighted by atomic mass is 9.70. The molecule has 20 heavy (non-hydrogen) atoms. The molecule has 0 aromatic carbocycles. The van der Waals surface area contributed by atoms with E-state index in [4.69, 9.17) is 9.47 Å². The SMILES string of the molecule is C[C@@H]1CC(C2CC(C(C)(C)C)CC(C)(C)O2)O[C@H](C)C1. The van der Waals surface area contributed by atoms with Crippen LogP contribution in [0.4, 0.5) is 0 Å². The van der Waals surface area contributed by atoms with Crippen LogP contribution in [-0.2, 0) is 9.47 Å². The second-order valence-corrected chi connectivity index (χ2v) is 8.98. The third-order valence-electron chi connectivity index (χ3n) is 5.14. The van der Waals surface area contributed by atoms with Gasteiger partial charge in [0, 0.05) is 0 Å². The van der Waals surface area contributed by atoms with E-state index in [1.807, 2.05) is 0 Å². The molecule has 0 aromatic rings. The molecule has 2 heterocycles. The summed E-state index contributed by atoms with van der Waals surface area (Å²) in [7, 11) is 0. The van der Waals surface area contributed by atoms with E-state index >= 15 is 0 Å². The van der Waals surface area contributed by atoms with Crippen molar-refractivity contribution < 1.29 is 9.47 Å². The molecule has 2 heteroatoms. The van der Waals surface area contributed by atoms with Crippen molar-refractivity contribution in [2.24, 2.45) is 17.3 Å². The average Bonchev–Trinajstić information content (AvgIpc) is 2.24. The Morgan fingerprint density at radius 1 is 0.950 bits per heavy atom. The first kappa shape index (κ1) is 16.3. The molecule has 2 saturated heterocycles. The van der Waals surface area contributed by atoms with Crippen molar-refractivity contribution in [3.05, 3.63) is 0 Å². The van der Waals surface area contributed by atoms with Crippen LogP contribution in [0.25, 0.3) is 0 Å². The molecule has 0 spiro atoms. The lowest BCUT2D eigenvalue weighted by Gasteiger charge is -2.49. The van der Waals surface area contributed by atoms with Gasteiger partial charge in [0.1, 0.15) is 0 Å². The normalized spacial score (nSPS) is 42.5. The van der Waals surface area contributed by atoms with Gasteiger partial charge in [-0.1, -0.05) is 27.7 Å². The van der Waals surface area contributed by atoms with Crippen LogP contribution >= 0.6 is 0 Å². The Balaban J connectivity index is 2.10. The maximum absolute atomic E-state index is 6.41. The van der Waals surface area contributed by atoms with E-state index in [0.717, 1.165) is 25.2 Å². The summed E-state index contributed by atoms with van der Waals surface area (Å²) in [5.41, 5.74) is 0.333. The summed E-state index contributed by atoms with van der Waals surface area (Å²) in [5, 5.41) is 0. The molecule has 3 unspecified atom stereocenters. The van der Waals surface area contributed by atoms with Crippen molar-refractivity contribution in [2.75, 3.05) is 0 Å². The standard InChI is InChI=1S/C18H34O2/c1-12-8-13(2)19-15(9-12)16-10-14(17(3,4)5)11-18(6,7)20-16/h12-16H,8-11H2,1-7H3/t12-,13+,14?,15?,16?/m0/s1. The minimum absolute atomic E-state index is 0.0197. The van der Waals surface area contributed by atoms with E-state index in [9.17, 15) is 0 Å². The second kappa shape index (κ2) is 5.61. The van der Waals surface area contributed by atoms with Crippen molar-refractivity contribution in [1.82, 2.24) is 0 Å². The van der Waals surface area contributed by atoms with Gasteiger partial charge in [0.25, 0.3) is 0 Å². The first-order chi connectivity index (χ1) is 9.07. The van der Waals surface area contributed by atoms with Gasteiger partial charge in [-0.15, -0.1) is 0 Å². The van der Waals surface area contributed by atoms with Crippen LogP contribution in [0.5, 0.6) is 0 Å². The van der Waals surface area contributed by atoms with Crippen LogP contribution in [0.1, 0.15) is 74.1 Å². The fourth-order valence-electron chi connectivity index (χ4n) is 4.06. The maximum atomic E-state index is 6.41. The van der Waals surface area contributed by atoms with Crippen LogP contribution in [0.2, 0.25) is 0 Å². The van der Waals surface area contributed by atoms with Crippen LogP contribution in [0.3, 0.4) is 0 Å². The van der Waals surface area contributed by atoms with E-state index in [-0.39, 0.29) is 17.8 Å². The Bertz CT molecular complexity index is 319. The van der Waals surface area contributed by atoms with Crippen molar-refractivity contribution in [2.45, 2.75) is 98.1 Å². The van der Waals surface area contributed by atoms with Gasteiger partial charge >= 0.3 is 0 Å². The zero-order valence-electron chi connectivity index (χ0n) is 14.5. The summed E-state index contributed by atoms with van der Waals surface area (Å²) >= 11 is 0. The molecule has 0 aromatic heterocycles. The minimum atomic E-state index is -0.0197. The maximum Gasteiger partial charge on any atom is 0.0847 e. The van der Waals surface area contributed by atoms with E-state index in [1.165, 1.54) is 6.42 Å².